The number of carbonyl (C=O) groups is 2. The number of β-amino-alcohol motifs (C(OH)–C–C–N with tert-alkyl or cyclic N) is 2. The topological polar surface area (TPSA) is 180 Å². The van der Waals surface area contributed by atoms with Crippen molar-refractivity contribution in [2.45, 2.75) is 126 Å². The molecule has 5 unspecified atom stereocenters. The molecule has 2 aliphatic carbocycles. The van der Waals surface area contributed by atoms with E-state index >= 15 is 0 Å². The van der Waals surface area contributed by atoms with Crippen LogP contribution in [0.1, 0.15) is 89.9 Å². The second-order valence-electron chi connectivity index (χ2n) is 17.6. The molecule has 0 aromatic heterocycles. The third kappa shape index (κ3) is 14.8. The number of benzene rings is 1. The third-order valence-electron chi connectivity index (χ3n) is 13.1. The number of carboxylic acid groups (broad SMARTS) is 2. The van der Waals surface area contributed by atoms with Gasteiger partial charge in [0.25, 0.3) is 0 Å². The van der Waals surface area contributed by atoms with Gasteiger partial charge >= 0.3 is 20.7 Å². The predicted molar refractivity (Wildman–Crippen MR) is 233 cm³/mol. The van der Waals surface area contributed by atoms with E-state index in [-0.39, 0.29) is 43.4 Å². The van der Waals surface area contributed by atoms with Crippen molar-refractivity contribution < 1.29 is 43.3 Å². The molecule has 334 valence electrons. The molecule has 0 radical (unpaired) electrons. The molecule has 6 N–H and O–H groups in total. The van der Waals surface area contributed by atoms with Crippen molar-refractivity contribution >= 4 is 44.7 Å². The summed E-state index contributed by atoms with van der Waals surface area (Å²) in [6.45, 7) is 4.93. The number of nitrogens with one attached hydrogen (secondary N) is 2. The lowest BCUT2D eigenvalue weighted by Gasteiger charge is -2.36. The van der Waals surface area contributed by atoms with Crippen molar-refractivity contribution in [1.82, 2.24) is 20.0 Å². The number of thiol groups is 1. The number of hydrogen-bond donors (Lipinski definition) is 7. The van der Waals surface area contributed by atoms with Crippen molar-refractivity contribution in [3.63, 3.8) is 0 Å². The van der Waals surface area contributed by atoms with Gasteiger partial charge in [0.05, 0.1) is 24.9 Å². The van der Waals surface area contributed by atoms with E-state index in [4.69, 9.17) is 25.9 Å². The first-order valence-electron chi connectivity index (χ1n) is 22.6. The molecule has 2 saturated carbocycles. The maximum absolute atomic E-state index is 11.9. The van der Waals surface area contributed by atoms with Gasteiger partial charge in [0.2, 0.25) is 0 Å². The molecule has 3 bridgehead atoms. The van der Waals surface area contributed by atoms with Gasteiger partial charge in [0.15, 0.2) is 6.29 Å². The highest BCUT2D eigenvalue weighted by Crippen LogP contribution is 2.47. The number of aliphatic hydroxyl groups excluding tert-OH is 1. The average Bonchev–Trinajstić information content (AvgIpc) is 3.47. The van der Waals surface area contributed by atoms with Crippen molar-refractivity contribution in [3.05, 3.63) is 24.3 Å². The Morgan fingerprint density at radius 1 is 0.814 bits per heavy atom. The Hall–Kier alpha value is -2.03. The van der Waals surface area contributed by atoms with E-state index in [1.807, 2.05) is 39.0 Å². The number of aliphatic carboxylic acids is 2. The summed E-state index contributed by atoms with van der Waals surface area (Å²) in [5, 5.41) is 45.2. The molecule has 3 aliphatic heterocycles. The van der Waals surface area contributed by atoms with E-state index in [2.05, 4.69) is 15.5 Å². The van der Waals surface area contributed by atoms with E-state index in [0.29, 0.717) is 58.3 Å². The summed E-state index contributed by atoms with van der Waals surface area (Å²) < 4.78 is 20.7. The Labute approximate surface area is 357 Å². The Bertz CT molecular complexity index is 1430. The minimum Gasteiger partial charge on any atom is -0.480 e. The summed E-state index contributed by atoms with van der Waals surface area (Å²) in [6.07, 6.45) is 16.6. The molecule has 15 nitrogen and oxygen atoms in total. The third-order valence-corrected chi connectivity index (χ3v) is 16.4. The van der Waals surface area contributed by atoms with Gasteiger partial charge in [-0.1, -0.05) is 64.2 Å². The molecule has 17 heteroatoms. The van der Waals surface area contributed by atoms with Crippen LogP contribution in [-0.2, 0) is 22.9 Å². The SMILES string of the molecule is O=C(O)CN1CCN(CCN(CC(=O)O)c2ccc(NC(S)NCCC[Si]34OC5CCCCCC(C6CCCCCCC6)[C@@H](O3)C(C5)O4)cc2)CCN(CC(O)O)CC1. The summed E-state index contributed by atoms with van der Waals surface area (Å²) in [6, 6.07) is 8.48. The van der Waals surface area contributed by atoms with E-state index in [9.17, 15) is 30.0 Å². The maximum Gasteiger partial charge on any atom is 0.501 e. The van der Waals surface area contributed by atoms with Crippen LogP contribution in [0.15, 0.2) is 24.3 Å². The monoisotopic (exact) mass is 864 g/mol. The minimum absolute atomic E-state index is 0.0753. The first-order chi connectivity index (χ1) is 28.5. The van der Waals surface area contributed by atoms with Crippen LogP contribution in [0.4, 0.5) is 11.4 Å². The van der Waals surface area contributed by atoms with Crippen molar-refractivity contribution in [2.24, 2.45) is 11.8 Å². The quantitative estimate of drug-likeness (QED) is 0.0488. The predicted octanol–water partition coefficient (Wildman–Crippen LogP) is 3.95. The van der Waals surface area contributed by atoms with Gasteiger partial charge in [-0.05, 0) is 61.9 Å². The Morgan fingerprint density at radius 2 is 1.46 bits per heavy atom. The first-order valence-corrected chi connectivity index (χ1v) is 25.0. The molecule has 1 aromatic carbocycles. The molecule has 3 heterocycles. The fourth-order valence-electron chi connectivity index (χ4n) is 10.1. The van der Waals surface area contributed by atoms with Crippen molar-refractivity contribution in [1.29, 1.82) is 0 Å². The molecule has 6 atom stereocenters. The lowest BCUT2D eigenvalue weighted by atomic mass is 9.74. The maximum atomic E-state index is 11.9. The molecule has 0 spiro atoms. The van der Waals surface area contributed by atoms with Gasteiger partial charge in [0, 0.05) is 82.7 Å². The van der Waals surface area contributed by atoms with Crippen LogP contribution >= 0.6 is 12.6 Å². The zero-order valence-corrected chi connectivity index (χ0v) is 36.9. The second kappa shape index (κ2) is 23.4. The molecule has 0 amide bonds. The van der Waals surface area contributed by atoms with Gasteiger partial charge in [0.1, 0.15) is 12.0 Å². The summed E-state index contributed by atoms with van der Waals surface area (Å²) in [5.74, 6) is -0.530. The van der Waals surface area contributed by atoms with E-state index in [0.717, 1.165) is 49.1 Å². The number of hydrogen-bond acceptors (Lipinski definition) is 14. The average molecular weight is 865 g/mol. The van der Waals surface area contributed by atoms with Gasteiger partial charge in [-0.2, -0.15) is 0 Å². The van der Waals surface area contributed by atoms with Gasteiger partial charge in [-0.25, -0.2) is 0 Å². The molecule has 6 rings (SSSR count). The first kappa shape index (κ1) is 46.5. The van der Waals surface area contributed by atoms with Crippen LogP contribution in [0.3, 0.4) is 0 Å². The van der Waals surface area contributed by atoms with Crippen LogP contribution in [0.5, 0.6) is 0 Å². The van der Waals surface area contributed by atoms with Crippen molar-refractivity contribution in [2.75, 3.05) is 88.8 Å². The number of carboxylic acids is 2. The number of rotatable bonds is 18. The summed E-state index contributed by atoms with van der Waals surface area (Å²) in [4.78, 5) is 31.2. The molecular formula is C42H72N6O9SSi. The van der Waals surface area contributed by atoms with Crippen LogP contribution in [0.25, 0.3) is 0 Å². The highest BCUT2D eigenvalue weighted by atomic mass is 32.1. The molecule has 59 heavy (non-hydrogen) atoms. The molecular weight excluding hydrogens is 793 g/mol. The van der Waals surface area contributed by atoms with Gasteiger partial charge in [-0.3, -0.25) is 29.6 Å². The Kier molecular flexibility index (Phi) is 18.4. The fraction of sp³-hybridized carbons (Fsp3) is 0.810. The normalized spacial score (nSPS) is 28.9. The second-order valence-corrected chi connectivity index (χ2v) is 20.7. The molecule has 3 saturated heterocycles. The van der Waals surface area contributed by atoms with E-state index < -0.39 is 27.0 Å². The standard InChI is InChI=1S/C42H72N6O9SSi/c49-38(50)29-46-21-19-45(20-22-47(24-23-46)30-39(51)52)25-26-48(31-40(53)54)34-16-14-33(15-17-34)44-42(58)43-18-9-27-59-55-35-12-7-4-8-13-36(41(57-59)37(28-35)56-59)32-10-5-2-1-3-6-11-32/h14-17,32,35-38,41-44,49-50,58H,1-13,18-31H2,(H,51,52)(H,53,54)/t35?,36?,37?,41-,42?,59?/m1/s1. The molecule has 1 aromatic rings. The van der Waals surface area contributed by atoms with Crippen LogP contribution in [-0.4, -0.2) is 165 Å². The zero-order chi connectivity index (χ0) is 41.6. The number of nitrogens with zero attached hydrogens (tertiary/aromatic N) is 4. The Morgan fingerprint density at radius 3 is 2.15 bits per heavy atom. The highest BCUT2D eigenvalue weighted by molar-refractivity contribution is 7.81. The number of fused-ring (bicyclic) bond motifs is 2. The Balaban J connectivity index is 0.983. The van der Waals surface area contributed by atoms with Gasteiger partial charge in [-0.15, -0.1) is 12.6 Å². The smallest absolute Gasteiger partial charge is 0.480 e. The van der Waals surface area contributed by atoms with Crippen LogP contribution in [0, 0.1) is 11.8 Å². The van der Waals surface area contributed by atoms with Gasteiger partial charge < -0.3 is 43.9 Å². The number of anilines is 2. The summed E-state index contributed by atoms with van der Waals surface area (Å²) in [7, 11) is -2.78. The zero-order valence-electron chi connectivity index (χ0n) is 35.0. The van der Waals surface area contributed by atoms with Crippen molar-refractivity contribution in [3.8, 4) is 0 Å². The van der Waals surface area contributed by atoms with E-state index in [1.165, 1.54) is 70.6 Å². The fourth-order valence-corrected chi connectivity index (χ4v) is 13.6. The lowest BCUT2D eigenvalue weighted by Crippen LogP contribution is -2.49. The van der Waals surface area contributed by atoms with Crippen LogP contribution in [0.2, 0.25) is 6.04 Å². The van der Waals surface area contributed by atoms with E-state index in [1.54, 1.807) is 0 Å². The molecule has 5 aliphatic rings. The highest BCUT2D eigenvalue weighted by Gasteiger charge is 2.60. The molecule has 5 fully saturated rings. The lowest BCUT2D eigenvalue weighted by molar-refractivity contribution is -0.138. The number of aliphatic hydroxyl groups is 2. The largest absolute Gasteiger partial charge is 0.501 e. The minimum atomic E-state index is -2.78. The summed E-state index contributed by atoms with van der Waals surface area (Å²) >= 11 is 4.78. The van der Waals surface area contributed by atoms with Crippen LogP contribution < -0.4 is 15.5 Å². The summed E-state index contributed by atoms with van der Waals surface area (Å²) in [5.41, 5.74) is 1.33.